The summed E-state index contributed by atoms with van der Waals surface area (Å²) in [6, 6.07) is 6.85. The molecule has 2 rings (SSSR count). The molecule has 0 spiro atoms. The Morgan fingerprint density at radius 3 is 2.86 bits per heavy atom. The first kappa shape index (κ1) is 16.1. The molecule has 1 saturated heterocycles. The van der Waals surface area contributed by atoms with Gasteiger partial charge in [0.05, 0.1) is 6.61 Å². The number of rotatable bonds is 6. The van der Waals surface area contributed by atoms with Crippen LogP contribution in [0, 0.1) is 0 Å². The van der Waals surface area contributed by atoms with Gasteiger partial charge >= 0.3 is 5.97 Å². The van der Waals surface area contributed by atoms with Crippen LogP contribution in [-0.4, -0.2) is 56.9 Å². The molecule has 6 heteroatoms. The van der Waals surface area contributed by atoms with E-state index < -0.39 is 0 Å². The molecule has 0 bridgehead atoms. The third kappa shape index (κ3) is 6.33. The van der Waals surface area contributed by atoms with E-state index in [0.29, 0.717) is 17.4 Å². The van der Waals surface area contributed by atoms with Crippen LogP contribution in [0.15, 0.2) is 24.3 Å². The van der Waals surface area contributed by atoms with E-state index in [0.717, 1.165) is 39.3 Å². The summed E-state index contributed by atoms with van der Waals surface area (Å²) >= 11 is 5.77. The second-order valence-electron chi connectivity index (χ2n) is 4.77. The highest BCUT2D eigenvalue weighted by Gasteiger charge is 2.10. The van der Waals surface area contributed by atoms with E-state index in [-0.39, 0.29) is 12.6 Å². The lowest BCUT2D eigenvalue weighted by atomic mass is 10.3. The lowest BCUT2D eigenvalue weighted by molar-refractivity contribution is -0.146. The molecule has 21 heavy (non-hydrogen) atoms. The van der Waals surface area contributed by atoms with Crippen molar-refractivity contribution in [1.29, 1.82) is 0 Å². The van der Waals surface area contributed by atoms with E-state index >= 15 is 0 Å². The van der Waals surface area contributed by atoms with Gasteiger partial charge < -0.3 is 14.2 Å². The molecular weight excluding hydrogens is 294 g/mol. The third-order valence-electron chi connectivity index (χ3n) is 3.16. The quantitative estimate of drug-likeness (QED) is 0.752. The monoisotopic (exact) mass is 313 g/mol. The number of carbonyl (C=O) groups is 1. The Morgan fingerprint density at radius 2 is 2.05 bits per heavy atom. The minimum absolute atomic E-state index is 0.0925. The molecule has 0 saturated carbocycles. The SMILES string of the molecule is O=C(COc1ccc(Cl)cc1)OCCN1CCCOCC1. The molecule has 0 N–H and O–H groups in total. The molecule has 1 aromatic carbocycles. The summed E-state index contributed by atoms with van der Waals surface area (Å²) in [5.41, 5.74) is 0. The number of ether oxygens (including phenoxy) is 3. The first-order valence-corrected chi connectivity index (χ1v) is 7.46. The molecule has 1 heterocycles. The van der Waals surface area contributed by atoms with Crippen molar-refractivity contribution < 1.29 is 19.0 Å². The number of hydrogen-bond acceptors (Lipinski definition) is 5. The maximum absolute atomic E-state index is 11.6. The zero-order valence-electron chi connectivity index (χ0n) is 11.9. The highest BCUT2D eigenvalue weighted by atomic mass is 35.5. The molecule has 0 aliphatic carbocycles. The summed E-state index contributed by atoms with van der Waals surface area (Å²) < 4.78 is 15.8. The van der Waals surface area contributed by atoms with E-state index in [1.54, 1.807) is 24.3 Å². The fourth-order valence-electron chi connectivity index (χ4n) is 2.02. The molecule has 1 fully saturated rings. The van der Waals surface area contributed by atoms with Crippen LogP contribution in [0.1, 0.15) is 6.42 Å². The highest BCUT2D eigenvalue weighted by molar-refractivity contribution is 6.30. The molecule has 116 valence electrons. The average molecular weight is 314 g/mol. The van der Waals surface area contributed by atoms with Crippen LogP contribution in [0.2, 0.25) is 5.02 Å². The Balaban J connectivity index is 1.59. The van der Waals surface area contributed by atoms with Crippen molar-refractivity contribution in [3.63, 3.8) is 0 Å². The van der Waals surface area contributed by atoms with Gasteiger partial charge in [0.25, 0.3) is 0 Å². The Kier molecular flexibility index (Phi) is 6.79. The van der Waals surface area contributed by atoms with Crippen molar-refractivity contribution in [2.75, 3.05) is 46.1 Å². The van der Waals surface area contributed by atoms with Crippen molar-refractivity contribution >= 4 is 17.6 Å². The fourth-order valence-corrected chi connectivity index (χ4v) is 2.15. The van der Waals surface area contributed by atoms with Gasteiger partial charge in [-0.15, -0.1) is 0 Å². The largest absolute Gasteiger partial charge is 0.482 e. The lowest BCUT2D eigenvalue weighted by Gasteiger charge is -2.18. The van der Waals surface area contributed by atoms with Crippen molar-refractivity contribution in [2.24, 2.45) is 0 Å². The van der Waals surface area contributed by atoms with Crippen LogP contribution in [-0.2, 0) is 14.3 Å². The zero-order chi connectivity index (χ0) is 14.9. The molecule has 5 nitrogen and oxygen atoms in total. The van der Waals surface area contributed by atoms with Gasteiger partial charge in [0, 0.05) is 31.3 Å². The van der Waals surface area contributed by atoms with Crippen LogP contribution in [0.25, 0.3) is 0 Å². The van der Waals surface area contributed by atoms with E-state index in [2.05, 4.69) is 4.90 Å². The summed E-state index contributed by atoms with van der Waals surface area (Å²) in [4.78, 5) is 13.8. The van der Waals surface area contributed by atoms with Gasteiger partial charge in [-0.2, -0.15) is 0 Å². The number of carbonyl (C=O) groups excluding carboxylic acids is 1. The van der Waals surface area contributed by atoms with E-state index in [1.165, 1.54) is 0 Å². The molecular formula is C15H20ClNO4. The molecule has 0 unspecified atom stereocenters. The van der Waals surface area contributed by atoms with Crippen molar-refractivity contribution in [3.8, 4) is 5.75 Å². The second-order valence-corrected chi connectivity index (χ2v) is 5.21. The van der Waals surface area contributed by atoms with Crippen LogP contribution in [0.5, 0.6) is 5.75 Å². The van der Waals surface area contributed by atoms with Gasteiger partial charge in [-0.3, -0.25) is 4.90 Å². The summed E-state index contributed by atoms with van der Waals surface area (Å²) in [6.07, 6.45) is 1.02. The molecule has 1 aromatic rings. The van der Waals surface area contributed by atoms with Gasteiger partial charge in [-0.25, -0.2) is 4.79 Å². The summed E-state index contributed by atoms with van der Waals surface area (Å²) in [7, 11) is 0. The first-order chi connectivity index (χ1) is 10.2. The topological polar surface area (TPSA) is 48.0 Å². The first-order valence-electron chi connectivity index (χ1n) is 7.08. The molecule has 0 atom stereocenters. The minimum atomic E-state index is -0.365. The van der Waals surface area contributed by atoms with Crippen LogP contribution < -0.4 is 4.74 Å². The molecule has 0 aromatic heterocycles. The maximum Gasteiger partial charge on any atom is 0.344 e. The molecule has 1 aliphatic heterocycles. The van der Waals surface area contributed by atoms with E-state index in [9.17, 15) is 4.79 Å². The van der Waals surface area contributed by atoms with Gasteiger partial charge in [0.15, 0.2) is 6.61 Å². The minimum Gasteiger partial charge on any atom is -0.482 e. The normalized spacial score (nSPS) is 16.2. The predicted octanol–water partition coefficient (Wildman–Crippen LogP) is 1.98. The van der Waals surface area contributed by atoms with Crippen LogP contribution in [0.4, 0.5) is 0 Å². The average Bonchev–Trinajstić information content (AvgIpc) is 2.75. The van der Waals surface area contributed by atoms with Gasteiger partial charge in [0.2, 0.25) is 0 Å². The molecule has 1 aliphatic rings. The Hall–Kier alpha value is -1.30. The van der Waals surface area contributed by atoms with Crippen LogP contribution in [0.3, 0.4) is 0 Å². The van der Waals surface area contributed by atoms with E-state index in [4.69, 9.17) is 25.8 Å². The number of nitrogens with zero attached hydrogens (tertiary/aromatic N) is 1. The number of hydrogen-bond donors (Lipinski definition) is 0. The maximum atomic E-state index is 11.6. The standard InChI is InChI=1S/C15H20ClNO4/c16-13-2-4-14(5-3-13)21-12-15(18)20-11-8-17-6-1-9-19-10-7-17/h2-5H,1,6-12H2. The summed E-state index contributed by atoms with van der Waals surface area (Å²) in [5.74, 6) is 0.233. The van der Waals surface area contributed by atoms with Crippen LogP contribution >= 0.6 is 11.6 Å². The molecule has 0 radical (unpaired) electrons. The Labute approximate surface area is 129 Å². The van der Waals surface area contributed by atoms with Crippen molar-refractivity contribution in [2.45, 2.75) is 6.42 Å². The molecule has 0 amide bonds. The zero-order valence-corrected chi connectivity index (χ0v) is 12.7. The summed E-state index contributed by atoms with van der Waals surface area (Å²) in [6.45, 7) is 4.44. The van der Waals surface area contributed by atoms with Gasteiger partial charge in [0.1, 0.15) is 12.4 Å². The summed E-state index contributed by atoms with van der Waals surface area (Å²) in [5, 5.41) is 0.631. The number of benzene rings is 1. The smallest absolute Gasteiger partial charge is 0.344 e. The van der Waals surface area contributed by atoms with Crippen molar-refractivity contribution in [1.82, 2.24) is 4.90 Å². The fraction of sp³-hybridized carbons (Fsp3) is 0.533. The number of halogens is 1. The van der Waals surface area contributed by atoms with E-state index in [1.807, 2.05) is 0 Å². The Morgan fingerprint density at radius 1 is 1.24 bits per heavy atom. The van der Waals surface area contributed by atoms with Gasteiger partial charge in [-0.1, -0.05) is 11.6 Å². The lowest BCUT2D eigenvalue weighted by Crippen LogP contribution is -2.31. The highest BCUT2D eigenvalue weighted by Crippen LogP contribution is 2.15. The number of esters is 1. The van der Waals surface area contributed by atoms with Gasteiger partial charge in [-0.05, 0) is 30.7 Å². The predicted molar refractivity (Wildman–Crippen MR) is 79.8 cm³/mol. The third-order valence-corrected chi connectivity index (χ3v) is 3.41. The van der Waals surface area contributed by atoms with Crippen molar-refractivity contribution in [3.05, 3.63) is 29.3 Å². The Bertz CT molecular complexity index is 430. The second kappa shape index (κ2) is 8.87.